The van der Waals surface area contributed by atoms with Crippen LogP contribution in [0.3, 0.4) is 0 Å². The molecule has 23 heavy (non-hydrogen) atoms. The minimum absolute atomic E-state index is 0.0359. The molecule has 0 bridgehead atoms. The average molecular weight is 334 g/mol. The number of carbonyl (C=O) groups is 1. The van der Waals surface area contributed by atoms with E-state index < -0.39 is 0 Å². The molecule has 0 spiro atoms. The highest BCUT2D eigenvalue weighted by Gasteiger charge is 2.09. The predicted octanol–water partition coefficient (Wildman–Crippen LogP) is 2.38. The molecule has 1 aromatic carbocycles. The van der Waals surface area contributed by atoms with Crippen LogP contribution < -0.4 is 5.32 Å². The molecule has 1 heterocycles. The zero-order valence-corrected chi connectivity index (χ0v) is 14.3. The van der Waals surface area contributed by atoms with Crippen LogP contribution in [0, 0.1) is 13.8 Å². The summed E-state index contributed by atoms with van der Waals surface area (Å²) in [6, 6.07) is 7.75. The highest BCUT2D eigenvalue weighted by molar-refractivity contribution is 7.99. The Morgan fingerprint density at radius 2 is 1.96 bits per heavy atom. The van der Waals surface area contributed by atoms with Crippen molar-refractivity contribution in [1.82, 2.24) is 10.5 Å². The standard InChI is InChI=1S/C17H22N2O3S/c1-12-16(13(2)22-19-12)10-23-11-17(21)18-8-7-14-3-5-15(9-20)6-4-14/h3-6,20H,7-11H2,1-2H3,(H,18,21). The smallest absolute Gasteiger partial charge is 0.230 e. The lowest BCUT2D eigenvalue weighted by atomic mass is 10.1. The summed E-state index contributed by atoms with van der Waals surface area (Å²) in [4.78, 5) is 11.8. The summed E-state index contributed by atoms with van der Waals surface area (Å²) in [5.74, 6) is 2.01. The summed E-state index contributed by atoms with van der Waals surface area (Å²) in [6.07, 6.45) is 0.784. The van der Waals surface area contributed by atoms with Gasteiger partial charge in [0.15, 0.2) is 0 Å². The molecule has 0 aliphatic heterocycles. The van der Waals surface area contributed by atoms with Crippen LogP contribution in [0.5, 0.6) is 0 Å². The van der Waals surface area contributed by atoms with E-state index in [4.69, 9.17) is 9.63 Å². The number of aliphatic hydroxyl groups is 1. The first-order chi connectivity index (χ1) is 11.1. The summed E-state index contributed by atoms with van der Waals surface area (Å²) >= 11 is 1.56. The second-order valence-electron chi connectivity index (χ2n) is 5.37. The number of aliphatic hydroxyl groups excluding tert-OH is 1. The number of aromatic nitrogens is 1. The lowest BCUT2D eigenvalue weighted by Crippen LogP contribution is -2.27. The van der Waals surface area contributed by atoms with Gasteiger partial charge in [-0.05, 0) is 31.4 Å². The van der Waals surface area contributed by atoms with E-state index in [-0.39, 0.29) is 12.5 Å². The van der Waals surface area contributed by atoms with Gasteiger partial charge in [-0.15, -0.1) is 11.8 Å². The zero-order chi connectivity index (χ0) is 16.7. The van der Waals surface area contributed by atoms with Crippen molar-refractivity contribution in [3.05, 3.63) is 52.4 Å². The molecule has 5 nitrogen and oxygen atoms in total. The van der Waals surface area contributed by atoms with E-state index in [9.17, 15) is 4.79 Å². The second kappa shape index (κ2) is 8.74. The van der Waals surface area contributed by atoms with Crippen molar-refractivity contribution in [3.8, 4) is 0 Å². The molecule has 0 atom stereocenters. The molecule has 0 saturated heterocycles. The third-order valence-corrected chi connectivity index (χ3v) is 4.56. The van der Waals surface area contributed by atoms with Crippen LogP contribution in [0.2, 0.25) is 0 Å². The molecule has 124 valence electrons. The zero-order valence-electron chi connectivity index (χ0n) is 13.5. The molecule has 1 aromatic heterocycles. The number of amides is 1. The Morgan fingerprint density at radius 1 is 1.26 bits per heavy atom. The minimum atomic E-state index is 0.0359. The monoisotopic (exact) mass is 334 g/mol. The molecule has 0 aliphatic carbocycles. The number of benzene rings is 1. The lowest BCUT2D eigenvalue weighted by molar-refractivity contribution is -0.118. The molecule has 0 unspecified atom stereocenters. The molecule has 2 N–H and O–H groups in total. The Hall–Kier alpha value is -1.79. The van der Waals surface area contributed by atoms with Crippen molar-refractivity contribution in [3.63, 3.8) is 0 Å². The summed E-state index contributed by atoms with van der Waals surface area (Å²) in [5.41, 5.74) is 4.01. The molecular formula is C17H22N2O3S. The van der Waals surface area contributed by atoms with E-state index in [1.54, 1.807) is 11.8 Å². The first kappa shape index (κ1) is 17.6. The number of nitrogens with zero attached hydrogens (tertiary/aromatic N) is 1. The number of hydrogen-bond acceptors (Lipinski definition) is 5. The summed E-state index contributed by atoms with van der Waals surface area (Å²) < 4.78 is 5.10. The van der Waals surface area contributed by atoms with Crippen molar-refractivity contribution >= 4 is 17.7 Å². The second-order valence-corrected chi connectivity index (χ2v) is 6.36. The molecule has 0 radical (unpaired) electrons. The van der Waals surface area contributed by atoms with Gasteiger partial charge < -0.3 is 14.9 Å². The predicted molar refractivity (Wildman–Crippen MR) is 91.2 cm³/mol. The molecule has 0 saturated carbocycles. The largest absolute Gasteiger partial charge is 0.392 e. The molecular weight excluding hydrogens is 312 g/mol. The lowest BCUT2D eigenvalue weighted by Gasteiger charge is -2.06. The van der Waals surface area contributed by atoms with Gasteiger partial charge in [-0.25, -0.2) is 0 Å². The van der Waals surface area contributed by atoms with E-state index in [2.05, 4.69) is 10.5 Å². The van der Waals surface area contributed by atoms with Crippen LogP contribution in [-0.4, -0.2) is 28.5 Å². The van der Waals surface area contributed by atoms with Crippen LogP contribution in [0.25, 0.3) is 0 Å². The van der Waals surface area contributed by atoms with Gasteiger partial charge in [-0.1, -0.05) is 29.4 Å². The van der Waals surface area contributed by atoms with Gasteiger partial charge in [0.05, 0.1) is 18.1 Å². The number of hydrogen-bond donors (Lipinski definition) is 2. The van der Waals surface area contributed by atoms with Crippen LogP contribution in [-0.2, 0) is 23.6 Å². The number of carbonyl (C=O) groups excluding carboxylic acids is 1. The number of nitrogens with one attached hydrogen (secondary N) is 1. The molecule has 0 fully saturated rings. The number of aryl methyl sites for hydroxylation is 2. The summed E-state index contributed by atoms with van der Waals surface area (Å²) in [6.45, 7) is 4.47. The third-order valence-electron chi connectivity index (χ3n) is 3.60. The third kappa shape index (κ3) is 5.41. The van der Waals surface area contributed by atoms with E-state index >= 15 is 0 Å². The quantitative estimate of drug-likeness (QED) is 0.775. The molecule has 6 heteroatoms. The maximum Gasteiger partial charge on any atom is 0.230 e. The Bertz CT molecular complexity index is 618. The SMILES string of the molecule is Cc1noc(C)c1CSCC(=O)NCCc1ccc(CO)cc1. The fourth-order valence-corrected chi connectivity index (χ4v) is 3.17. The van der Waals surface area contributed by atoms with Crippen LogP contribution in [0.4, 0.5) is 0 Å². The van der Waals surface area contributed by atoms with E-state index in [0.29, 0.717) is 12.3 Å². The van der Waals surface area contributed by atoms with Crippen molar-refractivity contribution in [2.75, 3.05) is 12.3 Å². The summed E-state index contributed by atoms with van der Waals surface area (Å²) in [5, 5.41) is 15.8. The van der Waals surface area contributed by atoms with E-state index in [1.807, 2.05) is 38.1 Å². The number of thioether (sulfide) groups is 1. The van der Waals surface area contributed by atoms with Crippen LogP contribution in [0.15, 0.2) is 28.8 Å². The fourth-order valence-electron chi connectivity index (χ4n) is 2.16. The van der Waals surface area contributed by atoms with Gasteiger partial charge in [0.2, 0.25) is 5.91 Å². The molecule has 2 rings (SSSR count). The Balaban J connectivity index is 1.65. The van der Waals surface area contributed by atoms with Gasteiger partial charge in [-0.3, -0.25) is 4.79 Å². The van der Waals surface area contributed by atoms with Gasteiger partial charge in [-0.2, -0.15) is 0 Å². The van der Waals surface area contributed by atoms with Crippen LogP contribution in [0.1, 0.15) is 28.1 Å². The first-order valence-corrected chi connectivity index (χ1v) is 8.70. The number of rotatable bonds is 8. The maximum atomic E-state index is 11.8. The minimum Gasteiger partial charge on any atom is -0.392 e. The molecule has 1 amide bonds. The topological polar surface area (TPSA) is 75.4 Å². The van der Waals surface area contributed by atoms with Gasteiger partial charge in [0, 0.05) is 17.9 Å². The van der Waals surface area contributed by atoms with Crippen molar-refractivity contribution < 1.29 is 14.4 Å². The average Bonchev–Trinajstić information content (AvgIpc) is 2.87. The Labute approximate surface area is 140 Å². The fraction of sp³-hybridized carbons (Fsp3) is 0.412. The van der Waals surface area contributed by atoms with Crippen molar-refractivity contribution in [2.45, 2.75) is 32.6 Å². The molecule has 0 aliphatic rings. The Kier molecular flexibility index (Phi) is 6.67. The van der Waals surface area contributed by atoms with Gasteiger partial charge in [0.1, 0.15) is 5.76 Å². The van der Waals surface area contributed by atoms with Crippen molar-refractivity contribution in [2.24, 2.45) is 0 Å². The van der Waals surface area contributed by atoms with Gasteiger partial charge >= 0.3 is 0 Å². The maximum absolute atomic E-state index is 11.8. The first-order valence-electron chi connectivity index (χ1n) is 7.55. The molecule has 2 aromatic rings. The van der Waals surface area contributed by atoms with E-state index in [0.717, 1.165) is 40.3 Å². The Morgan fingerprint density at radius 3 is 2.57 bits per heavy atom. The van der Waals surface area contributed by atoms with Crippen LogP contribution >= 0.6 is 11.8 Å². The highest BCUT2D eigenvalue weighted by Crippen LogP contribution is 2.19. The summed E-state index contributed by atoms with van der Waals surface area (Å²) in [7, 11) is 0. The van der Waals surface area contributed by atoms with E-state index in [1.165, 1.54) is 0 Å². The normalized spacial score (nSPS) is 10.7. The van der Waals surface area contributed by atoms with Crippen molar-refractivity contribution in [1.29, 1.82) is 0 Å². The van der Waals surface area contributed by atoms with Gasteiger partial charge in [0.25, 0.3) is 0 Å². The highest BCUT2D eigenvalue weighted by atomic mass is 32.2.